The van der Waals surface area contributed by atoms with Crippen LogP contribution in [0.2, 0.25) is 19.6 Å². The lowest BCUT2D eigenvalue weighted by atomic mass is 10.4. The molecule has 0 spiro atoms. The molecule has 0 amide bonds. The van der Waals surface area contributed by atoms with Crippen LogP contribution < -0.4 is 0 Å². The van der Waals surface area contributed by atoms with Crippen molar-refractivity contribution in [2.45, 2.75) is 27.4 Å². The van der Waals surface area contributed by atoms with Gasteiger partial charge in [0.05, 0.1) is 11.0 Å². The minimum absolute atomic E-state index is 0.757. The molecule has 1 unspecified atom stereocenters. The molecule has 0 saturated heterocycles. The number of benzene rings is 1. The smallest absolute Gasteiger partial charge is 0.0715 e. The highest BCUT2D eigenvalue weighted by Gasteiger charge is 2.24. The van der Waals surface area contributed by atoms with Gasteiger partial charge in [0.15, 0.2) is 0 Å². The number of thioether (sulfide) groups is 1. The van der Waals surface area contributed by atoms with E-state index in [0.717, 1.165) is 2.88 Å². The van der Waals surface area contributed by atoms with Crippen LogP contribution in [0.3, 0.4) is 0 Å². The quantitative estimate of drug-likeness (QED) is 0.344. The van der Waals surface area contributed by atoms with E-state index in [0.29, 0.717) is 0 Å². The SMILES string of the molecule is C[Si](C)(C)C(I)Sc1ccccc1. The van der Waals surface area contributed by atoms with Gasteiger partial charge in [0, 0.05) is 4.90 Å². The molecule has 0 bridgehead atoms. The van der Waals surface area contributed by atoms with Gasteiger partial charge in [0.1, 0.15) is 0 Å². The lowest BCUT2D eigenvalue weighted by Gasteiger charge is -2.22. The summed E-state index contributed by atoms with van der Waals surface area (Å²) in [5, 5.41) is 0. The molecular formula is C10H15ISSi. The van der Waals surface area contributed by atoms with E-state index in [2.05, 4.69) is 72.6 Å². The van der Waals surface area contributed by atoms with Gasteiger partial charge in [-0.2, -0.15) is 0 Å². The summed E-state index contributed by atoms with van der Waals surface area (Å²) in [7, 11) is -0.994. The van der Waals surface area contributed by atoms with Crippen molar-refractivity contribution >= 4 is 42.4 Å². The normalized spacial score (nSPS) is 14.2. The number of halogens is 1. The molecule has 1 atom stereocenters. The predicted octanol–water partition coefficient (Wildman–Crippen LogP) is 4.42. The first-order valence-electron chi connectivity index (χ1n) is 4.36. The summed E-state index contributed by atoms with van der Waals surface area (Å²) in [6.45, 7) is 7.25. The van der Waals surface area contributed by atoms with Gasteiger partial charge < -0.3 is 0 Å². The number of alkyl halides is 1. The number of hydrogen-bond donors (Lipinski definition) is 0. The molecule has 0 aliphatic rings. The summed E-state index contributed by atoms with van der Waals surface area (Å²) in [5.41, 5.74) is 0. The predicted molar refractivity (Wildman–Crippen MR) is 73.5 cm³/mol. The third-order valence-corrected chi connectivity index (χ3v) is 12.6. The molecule has 72 valence electrons. The van der Waals surface area contributed by atoms with Crippen LogP contribution in [-0.2, 0) is 0 Å². The Bertz CT molecular complexity index is 255. The summed E-state index contributed by atoms with van der Waals surface area (Å²) in [5.74, 6) is 0. The Balaban J connectivity index is 2.61. The molecule has 0 aromatic heterocycles. The zero-order chi connectivity index (χ0) is 9.90. The van der Waals surface area contributed by atoms with Crippen molar-refractivity contribution in [2.24, 2.45) is 0 Å². The molecule has 0 heterocycles. The van der Waals surface area contributed by atoms with Crippen molar-refractivity contribution in [2.75, 3.05) is 0 Å². The molecule has 0 N–H and O–H groups in total. The van der Waals surface area contributed by atoms with Crippen LogP contribution in [0.15, 0.2) is 35.2 Å². The van der Waals surface area contributed by atoms with Crippen LogP contribution in [0.25, 0.3) is 0 Å². The second-order valence-corrected chi connectivity index (χ2v) is 14.3. The average Bonchev–Trinajstić information content (AvgIpc) is 2.04. The summed E-state index contributed by atoms with van der Waals surface area (Å²) in [4.78, 5) is 1.39. The van der Waals surface area contributed by atoms with Gasteiger partial charge in [-0.1, -0.05) is 60.4 Å². The fraction of sp³-hybridized carbons (Fsp3) is 0.400. The molecule has 0 fully saturated rings. The van der Waals surface area contributed by atoms with Crippen molar-refractivity contribution < 1.29 is 0 Å². The molecule has 0 saturated carbocycles. The van der Waals surface area contributed by atoms with Crippen molar-refractivity contribution in [3.05, 3.63) is 30.3 Å². The summed E-state index contributed by atoms with van der Waals surface area (Å²) in [6.07, 6.45) is 0. The van der Waals surface area contributed by atoms with Crippen molar-refractivity contribution in [1.29, 1.82) is 0 Å². The van der Waals surface area contributed by atoms with E-state index in [1.165, 1.54) is 4.90 Å². The van der Waals surface area contributed by atoms with Crippen LogP contribution in [0.5, 0.6) is 0 Å². The van der Waals surface area contributed by atoms with Crippen molar-refractivity contribution in [3.63, 3.8) is 0 Å². The zero-order valence-corrected chi connectivity index (χ0v) is 12.2. The molecule has 0 aliphatic heterocycles. The lowest BCUT2D eigenvalue weighted by molar-refractivity contribution is 1.46. The van der Waals surface area contributed by atoms with Crippen LogP contribution in [0.1, 0.15) is 0 Å². The standard InChI is InChI=1S/C10H15ISSi/c1-13(2,3)10(11)12-9-7-5-4-6-8-9/h4-8,10H,1-3H3. The van der Waals surface area contributed by atoms with Crippen LogP contribution in [0, 0.1) is 0 Å². The van der Waals surface area contributed by atoms with Crippen LogP contribution >= 0.6 is 34.4 Å². The van der Waals surface area contributed by atoms with Crippen LogP contribution in [0.4, 0.5) is 0 Å². The Labute approximate surface area is 99.7 Å². The maximum Gasteiger partial charge on any atom is 0.0715 e. The molecule has 0 radical (unpaired) electrons. The van der Waals surface area contributed by atoms with E-state index in [4.69, 9.17) is 0 Å². The Morgan fingerprint density at radius 3 is 2.15 bits per heavy atom. The number of hydrogen-bond acceptors (Lipinski definition) is 1. The van der Waals surface area contributed by atoms with Gasteiger partial charge in [-0.05, 0) is 12.1 Å². The van der Waals surface area contributed by atoms with E-state index in [1.807, 2.05) is 11.8 Å². The third kappa shape index (κ3) is 4.04. The average molecular weight is 322 g/mol. The van der Waals surface area contributed by atoms with E-state index in [-0.39, 0.29) is 0 Å². The second kappa shape index (κ2) is 4.84. The Kier molecular flexibility index (Phi) is 4.32. The highest BCUT2D eigenvalue weighted by Crippen LogP contribution is 2.33. The van der Waals surface area contributed by atoms with Gasteiger partial charge in [-0.3, -0.25) is 0 Å². The highest BCUT2D eigenvalue weighted by molar-refractivity contribution is 14.1. The largest absolute Gasteiger partial charge is 0.115 e. The van der Waals surface area contributed by atoms with Crippen LogP contribution in [-0.4, -0.2) is 11.0 Å². The highest BCUT2D eigenvalue weighted by atomic mass is 127. The molecule has 1 aromatic carbocycles. The first-order chi connectivity index (χ1) is 6.00. The first kappa shape index (κ1) is 11.6. The van der Waals surface area contributed by atoms with E-state index in [1.54, 1.807) is 0 Å². The number of rotatable bonds is 3. The Morgan fingerprint density at radius 2 is 1.69 bits per heavy atom. The molecular weight excluding hydrogens is 307 g/mol. The fourth-order valence-electron chi connectivity index (χ4n) is 0.795. The summed E-state index contributed by atoms with van der Waals surface area (Å²) >= 11 is 4.58. The molecule has 3 heteroatoms. The third-order valence-electron chi connectivity index (χ3n) is 1.66. The molecule has 0 aliphatic carbocycles. The van der Waals surface area contributed by atoms with E-state index >= 15 is 0 Å². The minimum Gasteiger partial charge on any atom is -0.115 e. The minimum atomic E-state index is -0.994. The first-order valence-corrected chi connectivity index (χ1v) is 10.1. The van der Waals surface area contributed by atoms with Gasteiger partial charge in [-0.15, -0.1) is 11.8 Å². The Hall–Kier alpha value is 0.517. The molecule has 1 rings (SSSR count). The summed E-state index contributed by atoms with van der Waals surface area (Å²) < 4.78 is 0.757. The van der Waals surface area contributed by atoms with Gasteiger partial charge >= 0.3 is 0 Å². The van der Waals surface area contributed by atoms with E-state index < -0.39 is 8.07 Å². The Morgan fingerprint density at radius 1 is 1.15 bits per heavy atom. The van der Waals surface area contributed by atoms with Gasteiger partial charge in [-0.25, -0.2) is 0 Å². The molecule has 13 heavy (non-hydrogen) atoms. The lowest BCUT2D eigenvalue weighted by Crippen LogP contribution is -2.30. The van der Waals surface area contributed by atoms with E-state index in [9.17, 15) is 0 Å². The van der Waals surface area contributed by atoms with Gasteiger partial charge in [0.25, 0.3) is 0 Å². The molecule has 1 aromatic rings. The van der Waals surface area contributed by atoms with Crippen molar-refractivity contribution in [3.8, 4) is 0 Å². The van der Waals surface area contributed by atoms with Gasteiger partial charge in [0.2, 0.25) is 0 Å². The second-order valence-electron chi connectivity index (χ2n) is 4.11. The van der Waals surface area contributed by atoms with Crippen molar-refractivity contribution in [1.82, 2.24) is 0 Å². The topological polar surface area (TPSA) is 0 Å². The maximum atomic E-state index is 2.58. The maximum absolute atomic E-state index is 2.58. The monoisotopic (exact) mass is 322 g/mol. The zero-order valence-electron chi connectivity index (χ0n) is 8.25. The molecule has 0 nitrogen and oxygen atoms in total. The fourth-order valence-corrected chi connectivity index (χ4v) is 4.05. The summed E-state index contributed by atoms with van der Waals surface area (Å²) in [6, 6.07) is 10.7.